The molecule has 0 spiro atoms. The van der Waals surface area contributed by atoms with Crippen LogP contribution >= 0.6 is 11.8 Å². The van der Waals surface area contributed by atoms with Crippen LogP contribution in [0.15, 0.2) is 0 Å². The van der Waals surface area contributed by atoms with Gasteiger partial charge in [0.15, 0.2) is 0 Å². The van der Waals surface area contributed by atoms with Crippen LogP contribution in [-0.4, -0.2) is 47.6 Å². The van der Waals surface area contributed by atoms with Crippen LogP contribution in [0.25, 0.3) is 0 Å². The quantitative estimate of drug-likeness (QED) is 0.691. The minimum absolute atomic E-state index is 0.0293. The molecule has 1 amide bonds. The topological polar surface area (TPSA) is 40.5 Å². The second kappa shape index (κ2) is 6.31. The van der Waals surface area contributed by atoms with Gasteiger partial charge in [-0.1, -0.05) is 0 Å². The van der Waals surface area contributed by atoms with Gasteiger partial charge in [-0.15, -0.1) is 0 Å². The summed E-state index contributed by atoms with van der Waals surface area (Å²) in [4.78, 5) is 12.9. The van der Waals surface area contributed by atoms with E-state index in [2.05, 4.69) is 0 Å². The third-order valence-electron chi connectivity index (χ3n) is 1.84. The molecule has 0 bridgehead atoms. The summed E-state index contributed by atoms with van der Waals surface area (Å²) in [7, 11) is 1.73. The molecule has 1 atom stereocenters. The Morgan fingerprint density at radius 1 is 1.67 bits per heavy atom. The summed E-state index contributed by atoms with van der Waals surface area (Å²) in [5.41, 5.74) is 0. The zero-order valence-corrected chi connectivity index (χ0v) is 8.73. The number of hydrogen-bond donors (Lipinski definition) is 1. The van der Waals surface area contributed by atoms with Crippen LogP contribution in [0, 0.1) is 0 Å². The van der Waals surface area contributed by atoms with Crippen molar-refractivity contribution in [1.82, 2.24) is 4.90 Å². The molecular formula is C8H17NO2S. The molecule has 0 aromatic carbocycles. The molecule has 0 radical (unpaired) electrons. The fourth-order valence-electron chi connectivity index (χ4n) is 0.734. The Bertz CT molecular complexity index is 141. The number of nitrogens with zero attached hydrogens (tertiary/aromatic N) is 1. The minimum Gasteiger partial charge on any atom is -0.394 e. The SMILES string of the molecule is CSCCC(=O)N(C)C(C)CO. The van der Waals surface area contributed by atoms with Crippen molar-refractivity contribution in [3.8, 4) is 0 Å². The highest BCUT2D eigenvalue weighted by molar-refractivity contribution is 7.98. The maximum atomic E-state index is 11.3. The lowest BCUT2D eigenvalue weighted by Gasteiger charge is -2.22. The predicted octanol–water partition coefficient (Wildman–Crippen LogP) is 0.579. The Kier molecular flexibility index (Phi) is 6.20. The van der Waals surface area contributed by atoms with E-state index >= 15 is 0 Å². The first-order valence-corrected chi connectivity index (χ1v) is 5.38. The molecule has 0 aromatic rings. The van der Waals surface area contributed by atoms with Crippen molar-refractivity contribution in [1.29, 1.82) is 0 Å². The molecule has 0 saturated carbocycles. The number of amides is 1. The molecule has 0 aromatic heterocycles. The molecule has 0 heterocycles. The van der Waals surface area contributed by atoms with Gasteiger partial charge in [0.2, 0.25) is 5.91 Å². The maximum Gasteiger partial charge on any atom is 0.223 e. The molecule has 3 nitrogen and oxygen atoms in total. The highest BCUT2D eigenvalue weighted by Crippen LogP contribution is 2.02. The number of carbonyl (C=O) groups excluding carboxylic acids is 1. The van der Waals surface area contributed by atoms with Crippen LogP contribution in [0.2, 0.25) is 0 Å². The summed E-state index contributed by atoms with van der Waals surface area (Å²) in [5.74, 6) is 0.951. The first-order chi connectivity index (χ1) is 5.63. The van der Waals surface area contributed by atoms with Gasteiger partial charge in [-0.25, -0.2) is 0 Å². The van der Waals surface area contributed by atoms with Crippen molar-refractivity contribution in [3.05, 3.63) is 0 Å². The average molecular weight is 191 g/mol. The van der Waals surface area contributed by atoms with Gasteiger partial charge in [0, 0.05) is 19.2 Å². The highest BCUT2D eigenvalue weighted by atomic mass is 32.2. The number of aliphatic hydroxyl groups is 1. The molecule has 0 aliphatic heterocycles. The third kappa shape index (κ3) is 3.97. The number of likely N-dealkylation sites (N-methyl/N-ethyl adjacent to an activating group) is 1. The van der Waals surface area contributed by atoms with Gasteiger partial charge >= 0.3 is 0 Å². The van der Waals surface area contributed by atoms with Crippen molar-refractivity contribution >= 4 is 17.7 Å². The summed E-state index contributed by atoms with van der Waals surface area (Å²) < 4.78 is 0. The average Bonchev–Trinajstić information content (AvgIpc) is 2.11. The lowest BCUT2D eigenvalue weighted by molar-refractivity contribution is -0.131. The molecule has 1 unspecified atom stereocenters. The number of carbonyl (C=O) groups is 1. The van der Waals surface area contributed by atoms with E-state index < -0.39 is 0 Å². The molecule has 1 N–H and O–H groups in total. The van der Waals surface area contributed by atoms with E-state index in [0.29, 0.717) is 6.42 Å². The molecule has 4 heteroatoms. The molecule has 0 rings (SSSR count). The van der Waals surface area contributed by atoms with Gasteiger partial charge in [-0.2, -0.15) is 11.8 Å². The molecule has 12 heavy (non-hydrogen) atoms. The van der Waals surface area contributed by atoms with Crippen LogP contribution < -0.4 is 0 Å². The minimum atomic E-state index is -0.0700. The Labute approximate surface area is 78.1 Å². The molecule has 0 aliphatic carbocycles. The summed E-state index contributed by atoms with van der Waals surface area (Å²) in [6, 6.07) is -0.0700. The summed E-state index contributed by atoms with van der Waals surface area (Å²) >= 11 is 1.66. The van der Waals surface area contributed by atoms with Gasteiger partial charge in [0.25, 0.3) is 0 Å². The van der Waals surface area contributed by atoms with Gasteiger partial charge in [0.05, 0.1) is 12.6 Å². The smallest absolute Gasteiger partial charge is 0.223 e. The van der Waals surface area contributed by atoms with E-state index in [9.17, 15) is 4.79 Å². The summed E-state index contributed by atoms with van der Waals surface area (Å²) in [5, 5.41) is 8.78. The molecule has 0 aliphatic rings. The van der Waals surface area contributed by atoms with Crippen LogP contribution in [0.5, 0.6) is 0 Å². The molecular weight excluding hydrogens is 174 g/mol. The monoisotopic (exact) mass is 191 g/mol. The van der Waals surface area contributed by atoms with E-state index in [-0.39, 0.29) is 18.6 Å². The fraction of sp³-hybridized carbons (Fsp3) is 0.875. The standard InChI is InChI=1S/C8H17NO2S/c1-7(6-10)9(2)8(11)4-5-12-3/h7,10H,4-6H2,1-3H3. The van der Waals surface area contributed by atoms with Crippen molar-refractivity contribution in [2.75, 3.05) is 25.7 Å². The Hall–Kier alpha value is -0.220. The maximum absolute atomic E-state index is 11.3. The first kappa shape index (κ1) is 11.8. The summed E-state index contributed by atoms with van der Waals surface area (Å²) in [6.07, 6.45) is 2.53. The first-order valence-electron chi connectivity index (χ1n) is 3.99. The highest BCUT2D eigenvalue weighted by Gasteiger charge is 2.13. The molecule has 0 fully saturated rings. The summed E-state index contributed by atoms with van der Waals surface area (Å²) in [6.45, 7) is 1.86. The van der Waals surface area contributed by atoms with Crippen molar-refractivity contribution in [2.24, 2.45) is 0 Å². The molecule has 72 valence electrons. The van der Waals surface area contributed by atoms with E-state index in [0.717, 1.165) is 5.75 Å². The molecule has 0 saturated heterocycles. The second-order valence-corrected chi connectivity index (χ2v) is 3.76. The van der Waals surface area contributed by atoms with E-state index in [1.807, 2.05) is 13.2 Å². The Morgan fingerprint density at radius 3 is 2.67 bits per heavy atom. The number of rotatable bonds is 5. The van der Waals surface area contributed by atoms with Gasteiger partial charge < -0.3 is 10.0 Å². The second-order valence-electron chi connectivity index (χ2n) is 2.78. The lowest BCUT2D eigenvalue weighted by Crippen LogP contribution is -2.37. The van der Waals surface area contributed by atoms with Gasteiger partial charge in [-0.05, 0) is 13.2 Å². The van der Waals surface area contributed by atoms with E-state index in [1.54, 1.807) is 23.7 Å². The van der Waals surface area contributed by atoms with Crippen LogP contribution in [0.1, 0.15) is 13.3 Å². The predicted molar refractivity (Wildman–Crippen MR) is 52.3 cm³/mol. The lowest BCUT2D eigenvalue weighted by atomic mass is 10.3. The van der Waals surface area contributed by atoms with Crippen LogP contribution in [0.4, 0.5) is 0 Å². The third-order valence-corrected chi connectivity index (χ3v) is 2.45. The zero-order chi connectivity index (χ0) is 9.56. The fourth-order valence-corrected chi connectivity index (χ4v) is 1.11. The number of aliphatic hydroxyl groups excluding tert-OH is 1. The van der Waals surface area contributed by atoms with Gasteiger partial charge in [0.1, 0.15) is 0 Å². The van der Waals surface area contributed by atoms with Crippen molar-refractivity contribution in [3.63, 3.8) is 0 Å². The van der Waals surface area contributed by atoms with Crippen molar-refractivity contribution in [2.45, 2.75) is 19.4 Å². The van der Waals surface area contributed by atoms with Crippen LogP contribution in [0.3, 0.4) is 0 Å². The number of thioether (sulfide) groups is 1. The zero-order valence-electron chi connectivity index (χ0n) is 7.91. The number of hydrogen-bond acceptors (Lipinski definition) is 3. The van der Waals surface area contributed by atoms with Gasteiger partial charge in [-0.3, -0.25) is 4.79 Å². The largest absolute Gasteiger partial charge is 0.394 e. The Morgan fingerprint density at radius 2 is 2.25 bits per heavy atom. The van der Waals surface area contributed by atoms with Crippen molar-refractivity contribution < 1.29 is 9.90 Å². The van der Waals surface area contributed by atoms with Crippen LogP contribution in [-0.2, 0) is 4.79 Å². The normalized spacial score (nSPS) is 12.7. The van der Waals surface area contributed by atoms with E-state index in [4.69, 9.17) is 5.11 Å². The van der Waals surface area contributed by atoms with E-state index in [1.165, 1.54) is 0 Å². The Balaban J connectivity index is 3.75.